The predicted octanol–water partition coefficient (Wildman–Crippen LogP) is 2.99. The maximum Gasteiger partial charge on any atom is 0.419 e. The fraction of sp³-hybridized carbons (Fsp3) is 0.214. The third kappa shape index (κ3) is 3.56. The van der Waals surface area contributed by atoms with Crippen molar-refractivity contribution in [1.29, 1.82) is 0 Å². The number of aromatic nitrogens is 1. The Morgan fingerprint density at radius 3 is 2.38 bits per heavy atom. The molecule has 21 heavy (non-hydrogen) atoms. The first-order chi connectivity index (χ1) is 9.93. The summed E-state index contributed by atoms with van der Waals surface area (Å²) in [5, 5.41) is 0. The standard InChI is InChI=1S/C14H13F4N3/c15-13-10(2-1-3-11(13)14(16,17)18)12(21-19)8-9-4-6-20-7-5-9/h1-7,12,21H,8,19H2. The Hall–Kier alpha value is -1.99. The van der Waals surface area contributed by atoms with Crippen molar-refractivity contribution in [1.82, 2.24) is 10.4 Å². The van der Waals surface area contributed by atoms with Crippen molar-refractivity contribution in [3.8, 4) is 0 Å². The third-order valence-corrected chi connectivity index (χ3v) is 3.10. The second-order valence-electron chi connectivity index (χ2n) is 4.49. The van der Waals surface area contributed by atoms with Gasteiger partial charge in [0.25, 0.3) is 0 Å². The van der Waals surface area contributed by atoms with E-state index < -0.39 is 23.6 Å². The van der Waals surface area contributed by atoms with Gasteiger partial charge in [-0.1, -0.05) is 12.1 Å². The topological polar surface area (TPSA) is 50.9 Å². The van der Waals surface area contributed by atoms with E-state index >= 15 is 0 Å². The number of nitrogens with zero attached hydrogens (tertiary/aromatic N) is 1. The van der Waals surface area contributed by atoms with Crippen LogP contribution in [-0.4, -0.2) is 4.98 Å². The first-order valence-electron chi connectivity index (χ1n) is 6.14. The molecule has 0 aliphatic heterocycles. The molecule has 112 valence electrons. The van der Waals surface area contributed by atoms with Crippen molar-refractivity contribution in [2.75, 3.05) is 0 Å². The highest BCUT2D eigenvalue weighted by molar-refractivity contribution is 5.31. The maximum absolute atomic E-state index is 14.1. The molecule has 7 heteroatoms. The van der Waals surface area contributed by atoms with Gasteiger partial charge in [-0.3, -0.25) is 16.3 Å². The fourth-order valence-electron chi connectivity index (χ4n) is 2.05. The zero-order valence-electron chi connectivity index (χ0n) is 10.9. The molecule has 1 atom stereocenters. The van der Waals surface area contributed by atoms with Crippen molar-refractivity contribution >= 4 is 0 Å². The maximum atomic E-state index is 14.1. The van der Waals surface area contributed by atoms with Gasteiger partial charge in [0.2, 0.25) is 0 Å². The molecule has 0 aliphatic carbocycles. The number of alkyl halides is 3. The SMILES string of the molecule is NNC(Cc1ccncc1)c1cccc(C(F)(F)F)c1F. The van der Waals surface area contributed by atoms with Crippen LogP contribution >= 0.6 is 0 Å². The van der Waals surface area contributed by atoms with Crippen molar-refractivity contribution < 1.29 is 17.6 Å². The third-order valence-electron chi connectivity index (χ3n) is 3.10. The zero-order valence-corrected chi connectivity index (χ0v) is 10.9. The minimum Gasteiger partial charge on any atom is -0.271 e. The van der Waals surface area contributed by atoms with Crippen molar-refractivity contribution in [3.63, 3.8) is 0 Å². The Bertz CT molecular complexity index is 599. The van der Waals surface area contributed by atoms with Gasteiger partial charge in [0.15, 0.2) is 0 Å². The van der Waals surface area contributed by atoms with Crippen LogP contribution in [0.25, 0.3) is 0 Å². The molecule has 0 radical (unpaired) electrons. The summed E-state index contributed by atoms with van der Waals surface area (Å²) in [6.45, 7) is 0. The molecule has 0 saturated heterocycles. The lowest BCUT2D eigenvalue weighted by atomic mass is 9.97. The van der Waals surface area contributed by atoms with Gasteiger partial charge < -0.3 is 0 Å². The summed E-state index contributed by atoms with van der Waals surface area (Å²) < 4.78 is 52.2. The Labute approximate surface area is 118 Å². The van der Waals surface area contributed by atoms with E-state index in [0.29, 0.717) is 6.07 Å². The highest BCUT2D eigenvalue weighted by atomic mass is 19.4. The molecule has 0 aliphatic rings. The number of hydrogen-bond acceptors (Lipinski definition) is 3. The average molecular weight is 299 g/mol. The normalized spacial score (nSPS) is 13.2. The van der Waals surface area contributed by atoms with Crippen LogP contribution in [0.1, 0.15) is 22.7 Å². The molecule has 1 aromatic carbocycles. The summed E-state index contributed by atoms with van der Waals surface area (Å²) in [6.07, 6.45) is -1.40. The second-order valence-corrected chi connectivity index (χ2v) is 4.49. The fourth-order valence-corrected chi connectivity index (χ4v) is 2.05. The quantitative estimate of drug-likeness (QED) is 0.518. The van der Waals surface area contributed by atoms with E-state index in [9.17, 15) is 17.6 Å². The largest absolute Gasteiger partial charge is 0.419 e. The summed E-state index contributed by atoms with van der Waals surface area (Å²) in [5.41, 5.74) is 1.72. The average Bonchev–Trinajstić information content (AvgIpc) is 2.45. The van der Waals surface area contributed by atoms with Crippen molar-refractivity contribution in [3.05, 3.63) is 65.2 Å². The summed E-state index contributed by atoms with van der Waals surface area (Å²) in [6, 6.07) is 5.77. The van der Waals surface area contributed by atoms with E-state index in [1.807, 2.05) is 0 Å². The summed E-state index contributed by atoms with van der Waals surface area (Å²) >= 11 is 0. The molecule has 2 rings (SSSR count). The molecule has 1 aromatic heterocycles. The van der Waals surface area contributed by atoms with Gasteiger partial charge in [0, 0.05) is 18.0 Å². The summed E-state index contributed by atoms with van der Waals surface area (Å²) in [7, 11) is 0. The number of halogens is 4. The lowest BCUT2D eigenvalue weighted by Crippen LogP contribution is -2.30. The van der Waals surface area contributed by atoms with Crippen LogP contribution in [-0.2, 0) is 12.6 Å². The zero-order chi connectivity index (χ0) is 15.5. The van der Waals surface area contributed by atoms with Gasteiger partial charge in [0.05, 0.1) is 11.6 Å². The summed E-state index contributed by atoms with van der Waals surface area (Å²) in [5.74, 6) is 4.06. The van der Waals surface area contributed by atoms with E-state index in [1.165, 1.54) is 6.07 Å². The lowest BCUT2D eigenvalue weighted by Gasteiger charge is -2.19. The van der Waals surface area contributed by atoms with Crippen LogP contribution in [0.4, 0.5) is 17.6 Å². The lowest BCUT2D eigenvalue weighted by molar-refractivity contribution is -0.140. The van der Waals surface area contributed by atoms with Crippen LogP contribution in [0.5, 0.6) is 0 Å². The van der Waals surface area contributed by atoms with E-state index in [-0.39, 0.29) is 12.0 Å². The predicted molar refractivity (Wildman–Crippen MR) is 69.4 cm³/mol. The number of benzene rings is 1. The minimum absolute atomic E-state index is 0.121. The molecule has 0 amide bonds. The number of pyridine rings is 1. The molecule has 0 bridgehead atoms. The first-order valence-corrected chi connectivity index (χ1v) is 6.14. The Balaban J connectivity index is 2.35. The molecule has 2 aromatic rings. The molecule has 3 nitrogen and oxygen atoms in total. The Morgan fingerprint density at radius 2 is 1.81 bits per heavy atom. The number of hydrogen-bond donors (Lipinski definition) is 2. The minimum atomic E-state index is -4.74. The van der Waals surface area contributed by atoms with Crippen molar-refractivity contribution in [2.24, 2.45) is 5.84 Å². The number of rotatable bonds is 4. The number of nitrogens with two attached hydrogens (primary N) is 1. The molecule has 0 saturated carbocycles. The highest BCUT2D eigenvalue weighted by Crippen LogP contribution is 2.34. The van der Waals surface area contributed by atoms with E-state index in [4.69, 9.17) is 5.84 Å². The van der Waals surface area contributed by atoms with Gasteiger partial charge in [-0.05, 0) is 30.2 Å². The Kier molecular flexibility index (Phi) is 4.54. The van der Waals surface area contributed by atoms with Gasteiger partial charge in [0.1, 0.15) is 5.82 Å². The Morgan fingerprint density at radius 1 is 1.14 bits per heavy atom. The van der Waals surface area contributed by atoms with E-state index in [1.54, 1.807) is 24.5 Å². The van der Waals surface area contributed by atoms with E-state index in [2.05, 4.69) is 10.4 Å². The molecule has 3 N–H and O–H groups in total. The first kappa shape index (κ1) is 15.4. The molecule has 0 spiro atoms. The van der Waals surface area contributed by atoms with Gasteiger partial charge in [-0.25, -0.2) is 4.39 Å². The van der Waals surface area contributed by atoms with E-state index in [0.717, 1.165) is 11.6 Å². The van der Waals surface area contributed by atoms with Crippen LogP contribution in [0.3, 0.4) is 0 Å². The monoisotopic (exact) mass is 299 g/mol. The molecule has 0 fully saturated rings. The highest BCUT2D eigenvalue weighted by Gasteiger charge is 2.35. The van der Waals surface area contributed by atoms with Gasteiger partial charge >= 0.3 is 6.18 Å². The van der Waals surface area contributed by atoms with Crippen LogP contribution in [0.2, 0.25) is 0 Å². The van der Waals surface area contributed by atoms with Crippen LogP contribution in [0.15, 0.2) is 42.7 Å². The van der Waals surface area contributed by atoms with Crippen LogP contribution in [0, 0.1) is 5.82 Å². The molecule has 1 unspecified atom stereocenters. The summed E-state index contributed by atoms with van der Waals surface area (Å²) in [4.78, 5) is 3.84. The molecular weight excluding hydrogens is 286 g/mol. The number of hydrazine groups is 1. The van der Waals surface area contributed by atoms with Gasteiger partial charge in [-0.2, -0.15) is 13.2 Å². The van der Waals surface area contributed by atoms with Gasteiger partial charge in [-0.15, -0.1) is 0 Å². The number of nitrogens with one attached hydrogen (secondary N) is 1. The smallest absolute Gasteiger partial charge is 0.271 e. The van der Waals surface area contributed by atoms with Crippen LogP contribution < -0.4 is 11.3 Å². The van der Waals surface area contributed by atoms with Crippen molar-refractivity contribution in [2.45, 2.75) is 18.6 Å². The molecule has 1 heterocycles. The molecular formula is C14H13F4N3. The second kappa shape index (κ2) is 6.19.